The zero-order valence-corrected chi connectivity index (χ0v) is 12.0. The van der Waals surface area contributed by atoms with Gasteiger partial charge in [0.2, 0.25) is 0 Å². The van der Waals surface area contributed by atoms with Crippen molar-refractivity contribution >= 4 is 11.8 Å². The second-order valence-corrected chi connectivity index (χ2v) is 5.55. The molecule has 0 saturated heterocycles. The Balaban J connectivity index is 5.23. The molecule has 0 aliphatic rings. The predicted molar refractivity (Wildman–Crippen MR) is 68.7 cm³/mol. The van der Waals surface area contributed by atoms with Crippen LogP contribution in [0.2, 0.25) is 0 Å². The average Bonchev–Trinajstić information content (AvgIpc) is 2.14. The molecule has 0 aromatic rings. The maximum absolute atomic E-state index is 12.1. The smallest absolute Gasteiger partial charge is 0.319 e. The first-order chi connectivity index (χ1) is 7.76. The standard InChI is InChI=1S/C14H26O3/c1-7-17-13(16)14(12(6)15,8-10(2)3)9-11(4)5/h10-11H,7-9H2,1-6H3. The molecule has 0 radical (unpaired) electrons. The summed E-state index contributed by atoms with van der Waals surface area (Å²) in [5.74, 6) is 0.164. The van der Waals surface area contributed by atoms with Gasteiger partial charge in [-0.1, -0.05) is 27.7 Å². The third-order valence-corrected chi connectivity index (χ3v) is 2.85. The highest BCUT2D eigenvalue weighted by molar-refractivity contribution is 6.02. The lowest BCUT2D eigenvalue weighted by Gasteiger charge is -2.32. The summed E-state index contributed by atoms with van der Waals surface area (Å²) in [6.07, 6.45) is 1.14. The summed E-state index contributed by atoms with van der Waals surface area (Å²) in [6, 6.07) is 0. The molecule has 17 heavy (non-hydrogen) atoms. The van der Waals surface area contributed by atoms with Gasteiger partial charge in [-0.2, -0.15) is 0 Å². The van der Waals surface area contributed by atoms with Gasteiger partial charge in [0, 0.05) is 0 Å². The molecule has 0 spiro atoms. The van der Waals surface area contributed by atoms with E-state index >= 15 is 0 Å². The van der Waals surface area contributed by atoms with Crippen LogP contribution in [0.1, 0.15) is 54.4 Å². The second-order valence-electron chi connectivity index (χ2n) is 5.55. The van der Waals surface area contributed by atoms with Crippen LogP contribution in [0.3, 0.4) is 0 Å². The number of ether oxygens (including phenoxy) is 1. The number of esters is 1. The topological polar surface area (TPSA) is 43.4 Å². The van der Waals surface area contributed by atoms with Crippen LogP contribution in [0, 0.1) is 17.3 Å². The molecule has 0 bridgehead atoms. The Morgan fingerprint density at radius 1 is 1.06 bits per heavy atom. The fourth-order valence-corrected chi connectivity index (χ4v) is 2.34. The van der Waals surface area contributed by atoms with Gasteiger partial charge in [-0.3, -0.25) is 9.59 Å². The van der Waals surface area contributed by atoms with E-state index in [0.29, 0.717) is 31.3 Å². The summed E-state index contributed by atoms with van der Waals surface area (Å²) in [4.78, 5) is 24.1. The van der Waals surface area contributed by atoms with E-state index in [9.17, 15) is 9.59 Å². The van der Waals surface area contributed by atoms with E-state index in [1.54, 1.807) is 6.92 Å². The SMILES string of the molecule is CCOC(=O)C(CC(C)C)(CC(C)C)C(C)=O. The number of hydrogen-bond acceptors (Lipinski definition) is 3. The lowest BCUT2D eigenvalue weighted by molar-refractivity contribution is -0.162. The van der Waals surface area contributed by atoms with E-state index in [1.165, 1.54) is 6.92 Å². The quantitative estimate of drug-likeness (QED) is 0.508. The van der Waals surface area contributed by atoms with Crippen molar-refractivity contribution in [1.29, 1.82) is 0 Å². The molecule has 0 amide bonds. The Hall–Kier alpha value is -0.860. The molecule has 3 heteroatoms. The van der Waals surface area contributed by atoms with Crippen molar-refractivity contribution in [3.05, 3.63) is 0 Å². The normalized spacial score (nSPS) is 12.0. The summed E-state index contributed by atoms with van der Waals surface area (Å²) in [5.41, 5.74) is -0.946. The fourth-order valence-electron chi connectivity index (χ4n) is 2.34. The number of hydrogen-bond donors (Lipinski definition) is 0. The predicted octanol–water partition coefficient (Wildman–Crippen LogP) is 3.22. The lowest BCUT2D eigenvalue weighted by atomic mass is 9.71. The number of carbonyl (C=O) groups excluding carboxylic acids is 2. The molecule has 0 N–H and O–H groups in total. The van der Waals surface area contributed by atoms with Crippen LogP contribution in [-0.4, -0.2) is 18.4 Å². The summed E-state index contributed by atoms with van der Waals surface area (Å²) in [5, 5.41) is 0. The van der Waals surface area contributed by atoms with Crippen molar-refractivity contribution in [3.8, 4) is 0 Å². The molecule has 0 atom stereocenters. The average molecular weight is 242 g/mol. The Morgan fingerprint density at radius 2 is 1.47 bits per heavy atom. The molecule has 0 aromatic carbocycles. The fraction of sp³-hybridized carbons (Fsp3) is 0.857. The van der Waals surface area contributed by atoms with Gasteiger partial charge in [0.1, 0.15) is 11.2 Å². The summed E-state index contributed by atoms with van der Waals surface area (Å²) >= 11 is 0. The molecule has 0 rings (SSSR count). The van der Waals surface area contributed by atoms with E-state index in [0.717, 1.165) is 0 Å². The highest BCUT2D eigenvalue weighted by Gasteiger charge is 2.45. The van der Waals surface area contributed by atoms with Gasteiger partial charge in [0.15, 0.2) is 0 Å². The van der Waals surface area contributed by atoms with E-state index < -0.39 is 5.41 Å². The minimum absolute atomic E-state index is 0.0710. The molecule has 100 valence electrons. The van der Waals surface area contributed by atoms with Gasteiger partial charge in [0.05, 0.1) is 6.61 Å². The molecular formula is C14H26O3. The monoisotopic (exact) mass is 242 g/mol. The largest absolute Gasteiger partial charge is 0.465 e. The number of carbonyl (C=O) groups is 2. The molecule has 0 saturated carbocycles. The summed E-state index contributed by atoms with van der Waals surface area (Å²) < 4.78 is 5.11. The maximum atomic E-state index is 12.1. The minimum atomic E-state index is -0.946. The highest BCUT2D eigenvalue weighted by Crippen LogP contribution is 2.36. The van der Waals surface area contributed by atoms with Crippen LogP contribution in [0.15, 0.2) is 0 Å². The third-order valence-electron chi connectivity index (χ3n) is 2.85. The second kappa shape index (κ2) is 6.77. The van der Waals surface area contributed by atoms with Gasteiger partial charge in [-0.05, 0) is 38.5 Å². The van der Waals surface area contributed by atoms with Crippen molar-refractivity contribution in [2.45, 2.75) is 54.4 Å². The molecule has 3 nitrogen and oxygen atoms in total. The van der Waals surface area contributed by atoms with E-state index in [2.05, 4.69) is 0 Å². The molecular weight excluding hydrogens is 216 g/mol. The first kappa shape index (κ1) is 16.1. The van der Waals surface area contributed by atoms with Crippen LogP contribution in [0.5, 0.6) is 0 Å². The molecule has 0 unspecified atom stereocenters. The minimum Gasteiger partial charge on any atom is -0.465 e. The van der Waals surface area contributed by atoms with Crippen LogP contribution in [0.25, 0.3) is 0 Å². The highest BCUT2D eigenvalue weighted by atomic mass is 16.5. The summed E-state index contributed by atoms with van der Waals surface area (Å²) in [6.45, 7) is 11.7. The van der Waals surface area contributed by atoms with E-state index in [1.807, 2.05) is 27.7 Å². The van der Waals surface area contributed by atoms with Crippen molar-refractivity contribution < 1.29 is 14.3 Å². The molecule has 0 heterocycles. The van der Waals surface area contributed by atoms with Crippen LogP contribution in [0.4, 0.5) is 0 Å². The molecule has 0 aromatic heterocycles. The first-order valence-corrected chi connectivity index (χ1v) is 6.44. The molecule has 0 aliphatic carbocycles. The van der Waals surface area contributed by atoms with Crippen molar-refractivity contribution in [3.63, 3.8) is 0 Å². The zero-order chi connectivity index (χ0) is 13.6. The van der Waals surface area contributed by atoms with Crippen molar-refractivity contribution in [2.75, 3.05) is 6.61 Å². The van der Waals surface area contributed by atoms with E-state index in [4.69, 9.17) is 4.74 Å². The third kappa shape index (κ3) is 4.49. The summed E-state index contributed by atoms with van der Waals surface area (Å²) in [7, 11) is 0. The molecule has 0 fully saturated rings. The molecule has 0 aliphatic heterocycles. The lowest BCUT2D eigenvalue weighted by Crippen LogP contribution is -2.41. The van der Waals surface area contributed by atoms with Crippen molar-refractivity contribution in [2.24, 2.45) is 17.3 Å². The van der Waals surface area contributed by atoms with Gasteiger partial charge in [0.25, 0.3) is 0 Å². The number of ketones is 1. The Morgan fingerprint density at radius 3 is 1.71 bits per heavy atom. The Bertz CT molecular complexity index is 257. The van der Waals surface area contributed by atoms with Crippen molar-refractivity contribution in [1.82, 2.24) is 0 Å². The van der Waals surface area contributed by atoms with Gasteiger partial charge in [-0.15, -0.1) is 0 Å². The van der Waals surface area contributed by atoms with E-state index in [-0.39, 0.29) is 11.8 Å². The van der Waals surface area contributed by atoms with Crippen LogP contribution in [-0.2, 0) is 14.3 Å². The van der Waals surface area contributed by atoms with Crippen LogP contribution < -0.4 is 0 Å². The first-order valence-electron chi connectivity index (χ1n) is 6.44. The number of rotatable bonds is 7. The Labute approximate surface area is 105 Å². The van der Waals surface area contributed by atoms with Gasteiger partial charge < -0.3 is 4.74 Å². The zero-order valence-electron chi connectivity index (χ0n) is 12.0. The maximum Gasteiger partial charge on any atom is 0.319 e. The Kier molecular flexibility index (Phi) is 6.43. The van der Waals surface area contributed by atoms with Gasteiger partial charge >= 0.3 is 5.97 Å². The number of Topliss-reactive ketones (excluding diaryl/α,β-unsaturated/α-hetero) is 1. The van der Waals surface area contributed by atoms with Crippen LogP contribution >= 0.6 is 0 Å². The van der Waals surface area contributed by atoms with Gasteiger partial charge in [-0.25, -0.2) is 0 Å².